The van der Waals surface area contributed by atoms with Gasteiger partial charge in [0.25, 0.3) is 0 Å². The fraction of sp³-hybridized carbons (Fsp3) is 0.385. The van der Waals surface area contributed by atoms with Crippen LogP contribution in [-0.4, -0.2) is 16.8 Å². The van der Waals surface area contributed by atoms with Gasteiger partial charge in [-0.3, -0.25) is 4.79 Å². The molecule has 0 spiro atoms. The minimum absolute atomic E-state index is 0.0908. The lowest BCUT2D eigenvalue weighted by Gasteiger charge is -2.19. The molecule has 3 nitrogen and oxygen atoms in total. The molecule has 0 aromatic heterocycles. The van der Waals surface area contributed by atoms with Gasteiger partial charge in [0.15, 0.2) is 0 Å². The van der Waals surface area contributed by atoms with E-state index in [1.165, 1.54) is 5.56 Å². The van der Waals surface area contributed by atoms with Crippen LogP contribution in [-0.2, 0) is 11.3 Å². The molecule has 0 bridgehead atoms. The molecule has 1 atom stereocenters. The van der Waals surface area contributed by atoms with Crippen molar-refractivity contribution in [3.63, 3.8) is 0 Å². The summed E-state index contributed by atoms with van der Waals surface area (Å²) in [7, 11) is 0. The number of nitriles is 1. The maximum Gasteiger partial charge on any atom is 0.224 e. The molecule has 3 heteroatoms. The second-order valence-electron chi connectivity index (χ2n) is 4.19. The molecule has 0 N–H and O–H groups in total. The molecule has 1 saturated heterocycles. The molecule has 16 heavy (non-hydrogen) atoms. The molecule has 1 fully saturated rings. The molecule has 0 aliphatic carbocycles. The molecular weight excluding hydrogens is 200 g/mol. The van der Waals surface area contributed by atoms with Crippen molar-refractivity contribution in [1.82, 2.24) is 4.90 Å². The summed E-state index contributed by atoms with van der Waals surface area (Å²) in [5.41, 5.74) is 2.27. The van der Waals surface area contributed by atoms with Crippen molar-refractivity contribution >= 4 is 5.91 Å². The van der Waals surface area contributed by atoms with Gasteiger partial charge in [0.1, 0.15) is 6.04 Å². The second-order valence-corrected chi connectivity index (χ2v) is 4.19. The first-order valence-electron chi connectivity index (χ1n) is 5.45. The highest BCUT2D eigenvalue weighted by Crippen LogP contribution is 2.21. The summed E-state index contributed by atoms with van der Waals surface area (Å²) in [5, 5.41) is 8.94. The zero-order valence-corrected chi connectivity index (χ0v) is 9.31. The maximum absolute atomic E-state index is 11.6. The van der Waals surface area contributed by atoms with E-state index in [1.54, 1.807) is 4.90 Å². The zero-order valence-electron chi connectivity index (χ0n) is 9.31. The van der Waals surface area contributed by atoms with E-state index >= 15 is 0 Å². The van der Waals surface area contributed by atoms with Gasteiger partial charge in [-0.1, -0.05) is 29.8 Å². The van der Waals surface area contributed by atoms with Crippen LogP contribution in [0, 0.1) is 18.3 Å². The second kappa shape index (κ2) is 4.36. The third-order valence-electron chi connectivity index (χ3n) is 2.91. The first-order chi connectivity index (χ1) is 7.70. The average Bonchev–Trinajstić information content (AvgIpc) is 2.60. The summed E-state index contributed by atoms with van der Waals surface area (Å²) < 4.78 is 0. The fourth-order valence-corrected chi connectivity index (χ4v) is 2.07. The number of carbonyl (C=O) groups excluding carboxylic acids is 1. The van der Waals surface area contributed by atoms with Crippen molar-refractivity contribution in [2.24, 2.45) is 0 Å². The molecule has 1 aromatic rings. The molecule has 1 heterocycles. The van der Waals surface area contributed by atoms with Gasteiger partial charge < -0.3 is 4.90 Å². The number of likely N-dealkylation sites (tertiary alicyclic amines) is 1. The van der Waals surface area contributed by atoms with Crippen molar-refractivity contribution < 1.29 is 4.79 Å². The number of hydrogen-bond donors (Lipinski definition) is 0. The van der Waals surface area contributed by atoms with Crippen LogP contribution in [0.1, 0.15) is 24.0 Å². The predicted octanol–water partition coefficient (Wildman–Crippen LogP) is 2.01. The Labute approximate surface area is 95.3 Å². The monoisotopic (exact) mass is 214 g/mol. The first-order valence-corrected chi connectivity index (χ1v) is 5.45. The van der Waals surface area contributed by atoms with E-state index in [4.69, 9.17) is 5.26 Å². The van der Waals surface area contributed by atoms with Gasteiger partial charge in [-0.25, -0.2) is 0 Å². The molecule has 1 aliphatic rings. The lowest BCUT2D eigenvalue weighted by atomic mass is 10.1. The van der Waals surface area contributed by atoms with E-state index in [0.717, 1.165) is 5.56 Å². The Bertz CT molecular complexity index is 447. The molecule has 0 radical (unpaired) electrons. The van der Waals surface area contributed by atoms with Crippen molar-refractivity contribution in [2.45, 2.75) is 32.4 Å². The molecule has 1 aromatic carbocycles. The van der Waals surface area contributed by atoms with Crippen LogP contribution in [0.3, 0.4) is 0 Å². The van der Waals surface area contributed by atoms with Crippen molar-refractivity contribution in [1.29, 1.82) is 5.26 Å². The summed E-state index contributed by atoms with van der Waals surface area (Å²) in [6.45, 7) is 2.58. The Morgan fingerprint density at radius 3 is 3.06 bits per heavy atom. The lowest BCUT2D eigenvalue weighted by Crippen LogP contribution is -2.31. The van der Waals surface area contributed by atoms with E-state index in [1.807, 2.05) is 25.1 Å². The van der Waals surface area contributed by atoms with Gasteiger partial charge in [-0.2, -0.15) is 5.26 Å². The van der Waals surface area contributed by atoms with Crippen LogP contribution in [0.25, 0.3) is 0 Å². The van der Waals surface area contributed by atoms with Gasteiger partial charge in [0, 0.05) is 13.0 Å². The van der Waals surface area contributed by atoms with E-state index in [-0.39, 0.29) is 11.9 Å². The summed E-state index contributed by atoms with van der Waals surface area (Å²) >= 11 is 0. The number of hydrogen-bond acceptors (Lipinski definition) is 2. The quantitative estimate of drug-likeness (QED) is 0.755. The Balaban J connectivity index is 2.15. The van der Waals surface area contributed by atoms with Gasteiger partial charge in [0.05, 0.1) is 6.07 Å². The highest BCUT2D eigenvalue weighted by atomic mass is 16.2. The topological polar surface area (TPSA) is 44.1 Å². The normalized spacial score (nSPS) is 19.9. The first kappa shape index (κ1) is 10.7. The lowest BCUT2D eigenvalue weighted by molar-refractivity contribution is -0.128. The number of aryl methyl sites for hydroxylation is 1. The van der Waals surface area contributed by atoms with Gasteiger partial charge >= 0.3 is 0 Å². The third kappa shape index (κ3) is 2.06. The van der Waals surface area contributed by atoms with E-state index < -0.39 is 0 Å². The van der Waals surface area contributed by atoms with E-state index in [0.29, 0.717) is 19.4 Å². The number of benzene rings is 1. The van der Waals surface area contributed by atoms with E-state index in [9.17, 15) is 4.79 Å². The Kier molecular flexibility index (Phi) is 2.91. The van der Waals surface area contributed by atoms with Crippen LogP contribution in [0.15, 0.2) is 24.3 Å². The Hall–Kier alpha value is -1.82. The SMILES string of the molecule is Cc1cccc(CN2C(=O)CCC2C#N)c1. The van der Waals surface area contributed by atoms with Gasteiger partial charge in [-0.05, 0) is 18.9 Å². The molecule has 2 rings (SSSR count). The van der Waals surface area contributed by atoms with Crippen LogP contribution in [0.4, 0.5) is 0 Å². The number of nitrogens with zero attached hydrogens (tertiary/aromatic N) is 2. The van der Waals surface area contributed by atoms with E-state index in [2.05, 4.69) is 12.1 Å². The highest BCUT2D eigenvalue weighted by molar-refractivity contribution is 5.79. The minimum Gasteiger partial charge on any atom is -0.322 e. The molecule has 0 saturated carbocycles. The van der Waals surface area contributed by atoms with Gasteiger partial charge in [0.2, 0.25) is 5.91 Å². The number of rotatable bonds is 2. The number of carbonyl (C=O) groups is 1. The highest BCUT2D eigenvalue weighted by Gasteiger charge is 2.30. The average molecular weight is 214 g/mol. The van der Waals surface area contributed by atoms with Crippen molar-refractivity contribution in [3.05, 3.63) is 35.4 Å². The molecule has 82 valence electrons. The zero-order chi connectivity index (χ0) is 11.5. The van der Waals surface area contributed by atoms with Crippen molar-refractivity contribution in [2.75, 3.05) is 0 Å². The van der Waals surface area contributed by atoms with Crippen LogP contribution >= 0.6 is 0 Å². The van der Waals surface area contributed by atoms with Crippen LogP contribution in [0.2, 0.25) is 0 Å². The van der Waals surface area contributed by atoms with Crippen LogP contribution in [0.5, 0.6) is 0 Å². The summed E-state index contributed by atoms with van der Waals surface area (Å²) in [4.78, 5) is 13.3. The van der Waals surface area contributed by atoms with Gasteiger partial charge in [-0.15, -0.1) is 0 Å². The molecule has 1 amide bonds. The molecule has 1 aliphatic heterocycles. The fourth-order valence-electron chi connectivity index (χ4n) is 2.07. The standard InChI is InChI=1S/C13H14N2O/c1-10-3-2-4-11(7-10)9-15-12(8-14)5-6-13(15)16/h2-4,7,12H,5-6,9H2,1H3. The van der Waals surface area contributed by atoms with Crippen molar-refractivity contribution in [3.8, 4) is 6.07 Å². The molecular formula is C13H14N2O. The Morgan fingerprint density at radius 1 is 1.56 bits per heavy atom. The summed E-state index contributed by atoms with van der Waals surface area (Å²) in [5.74, 6) is 0.0908. The van der Waals surface area contributed by atoms with Crippen LogP contribution < -0.4 is 0 Å². The predicted molar refractivity (Wildman–Crippen MR) is 60.4 cm³/mol. The maximum atomic E-state index is 11.6. The Morgan fingerprint density at radius 2 is 2.38 bits per heavy atom. The largest absolute Gasteiger partial charge is 0.322 e. The smallest absolute Gasteiger partial charge is 0.224 e. The minimum atomic E-state index is -0.243. The summed E-state index contributed by atoms with van der Waals surface area (Å²) in [6, 6.07) is 9.99. The summed E-state index contributed by atoms with van der Waals surface area (Å²) in [6.07, 6.45) is 1.17. The number of amides is 1. The third-order valence-corrected chi connectivity index (χ3v) is 2.91. The molecule has 1 unspecified atom stereocenters.